The van der Waals surface area contributed by atoms with Crippen LogP contribution in [0, 0.1) is 0 Å². The molecule has 3 nitrogen and oxygen atoms in total. The van der Waals surface area contributed by atoms with E-state index in [1.54, 1.807) is 0 Å². The SMILES string of the molecule is NCCCCc1c(-c2ccncc2)[nH]c2c(Cl)cccc12. The highest BCUT2D eigenvalue weighted by Gasteiger charge is 2.14. The number of fused-ring (bicyclic) bond motifs is 1. The van der Waals surface area contributed by atoms with E-state index in [0.29, 0.717) is 0 Å². The molecule has 0 saturated heterocycles. The van der Waals surface area contributed by atoms with Crippen LogP contribution in [-0.2, 0) is 6.42 Å². The summed E-state index contributed by atoms with van der Waals surface area (Å²) in [6.45, 7) is 0.730. The summed E-state index contributed by atoms with van der Waals surface area (Å²) in [5.41, 5.74) is 10.2. The van der Waals surface area contributed by atoms with Crippen LogP contribution in [0.15, 0.2) is 42.7 Å². The number of unbranched alkanes of at least 4 members (excludes halogenated alkanes) is 1. The Morgan fingerprint density at radius 2 is 1.90 bits per heavy atom. The third-order valence-electron chi connectivity index (χ3n) is 3.74. The minimum absolute atomic E-state index is 0.730. The van der Waals surface area contributed by atoms with Crippen molar-refractivity contribution in [3.63, 3.8) is 0 Å². The first kappa shape index (κ1) is 14.1. The monoisotopic (exact) mass is 299 g/mol. The predicted octanol–water partition coefficient (Wildman–Crippen LogP) is 4.16. The van der Waals surface area contributed by atoms with Crippen LogP contribution in [0.2, 0.25) is 5.02 Å². The lowest BCUT2D eigenvalue weighted by molar-refractivity contribution is 0.748. The Hall–Kier alpha value is -1.84. The van der Waals surface area contributed by atoms with E-state index in [9.17, 15) is 0 Å². The van der Waals surface area contributed by atoms with Gasteiger partial charge in [-0.05, 0) is 49.6 Å². The van der Waals surface area contributed by atoms with Crippen LogP contribution in [-0.4, -0.2) is 16.5 Å². The number of hydrogen-bond acceptors (Lipinski definition) is 2. The molecule has 0 bridgehead atoms. The molecule has 3 aromatic rings. The Bertz CT molecular complexity index is 734. The second-order valence-electron chi connectivity index (χ2n) is 5.12. The molecule has 4 heteroatoms. The third-order valence-corrected chi connectivity index (χ3v) is 4.06. The summed E-state index contributed by atoms with van der Waals surface area (Å²) in [4.78, 5) is 7.58. The summed E-state index contributed by atoms with van der Waals surface area (Å²) in [7, 11) is 0. The van der Waals surface area contributed by atoms with E-state index >= 15 is 0 Å². The number of benzene rings is 1. The lowest BCUT2D eigenvalue weighted by Crippen LogP contribution is -1.99. The van der Waals surface area contributed by atoms with E-state index in [1.165, 1.54) is 10.9 Å². The van der Waals surface area contributed by atoms with Gasteiger partial charge in [-0.25, -0.2) is 0 Å². The maximum absolute atomic E-state index is 6.33. The average molecular weight is 300 g/mol. The number of nitrogens with one attached hydrogen (secondary N) is 1. The summed E-state index contributed by atoms with van der Waals surface area (Å²) >= 11 is 6.33. The fraction of sp³-hybridized carbons (Fsp3) is 0.235. The van der Waals surface area contributed by atoms with E-state index in [4.69, 9.17) is 17.3 Å². The minimum atomic E-state index is 0.730. The lowest BCUT2D eigenvalue weighted by Gasteiger charge is -2.04. The largest absolute Gasteiger partial charge is 0.353 e. The molecular formula is C17H18ClN3. The molecule has 0 fully saturated rings. The maximum Gasteiger partial charge on any atom is 0.0651 e. The first-order valence-corrected chi connectivity index (χ1v) is 7.58. The van der Waals surface area contributed by atoms with Gasteiger partial charge in [-0.15, -0.1) is 0 Å². The van der Waals surface area contributed by atoms with Crippen LogP contribution in [0.4, 0.5) is 0 Å². The van der Waals surface area contributed by atoms with Crippen LogP contribution < -0.4 is 5.73 Å². The molecule has 0 radical (unpaired) electrons. The van der Waals surface area contributed by atoms with Crippen molar-refractivity contribution >= 4 is 22.5 Å². The minimum Gasteiger partial charge on any atom is -0.353 e. The number of aryl methyl sites for hydroxylation is 1. The van der Waals surface area contributed by atoms with Crippen molar-refractivity contribution in [3.05, 3.63) is 53.3 Å². The van der Waals surface area contributed by atoms with E-state index in [2.05, 4.69) is 16.0 Å². The molecule has 1 aromatic carbocycles. The summed E-state index contributed by atoms with van der Waals surface area (Å²) in [6, 6.07) is 10.1. The Labute approximate surface area is 129 Å². The zero-order valence-electron chi connectivity index (χ0n) is 11.8. The first-order valence-electron chi connectivity index (χ1n) is 7.21. The van der Waals surface area contributed by atoms with E-state index in [0.717, 1.165) is 47.6 Å². The maximum atomic E-state index is 6.33. The summed E-state index contributed by atoms with van der Waals surface area (Å²) in [5, 5.41) is 1.96. The van der Waals surface area contributed by atoms with Gasteiger partial charge in [0, 0.05) is 29.0 Å². The third kappa shape index (κ3) is 2.80. The number of aromatic amines is 1. The molecule has 3 N–H and O–H groups in total. The number of pyridine rings is 1. The van der Waals surface area contributed by atoms with Crippen molar-refractivity contribution in [3.8, 4) is 11.3 Å². The molecule has 0 spiro atoms. The van der Waals surface area contributed by atoms with Gasteiger partial charge >= 0.3 is 0 Å². The molecular weight excluding hydrogens is 282 g/mol. The van der Waals surface area contributed by atoms with Gasteiger partial charge in [0.05, 0.1) is 10.5 Å². The van der Waals surface area contributed by atoms with Crippen LogP contribution in [0.25, 0.3) is 22.2 Å². The number of para-hydroxylation sites is 1. The van der Waals surface area contributed by atoms with Crippen molar-refractivity contribution in [1.29, 1.82) is 0 Å². The van der Waals surface area contributed by atoms with Crippen molar-refractivity contribution in [1.82, 2.24) is 9.97 Å². The lowest BCUT2D eigenvalue weighted by atomic mass is 10.0. The molecule has 2 heterocycles. The molecule has 0 aliphatic heterocycles. The van der Waals surface area contributed by atoms with Crippen molar-refractivity contribution in [2.75, 3.05) is 6.54 Å². The van der Waals surface area contributed by atoms with E-state index < -0.39 is 0 Å². The van der Waals surface area contributed by atoms with Crippen molar-refractivity contribution in [2.45, 2.75) is 19.3 Å². The Morgan fingerprint density at radius 1 is 1.10 bits per heavy atom. The number of H-pyrrole nitrogens is 1. The Kier molecular flexibility index (Phi) is 4.23. The van der Waals surface area contributed by atoms with Gasteiger partial charge in [0.2, 0.25) is 0 Å². The molecule has 0 amide bonds. The van der Waals surface area contributed by atoms with Gasteiger partial charge < -0.3 is 10.7 Å². The average Bonchev–Trinajstić information content (AvgIpc) is 2.89. The van der Waals surface area contributed by atoms with Crippen LogP contribution in [0.5, 0.6) is 0 Å². The van der Waals surface area contributed by atoms with Crippen LogP contribution in [0.1, 0.15) is 18.4 Å². The fourth-order valence-electron chi connectivity index (χ4n) is 2.71. The van der Waals surface area contributed by atoms with E-state index in [-0.39, 0.29) is 0 Å². The molecule has 0 saturated carbocycles. The van der Waals surface area contributed by atoms with E-state index in [1.807, 2.05) is 36.7 Å². The van der Waals surface area contributed by atoms with Crippen molar-refractivity contribution in [2.24, 2.45) is 5.73 Å². The Morgan fingerprint density at radius 3 is 2.67 bits per heavy atom. The normalized spacial score (nSPS) is 11.1. The highest BCUT2D eigenvalue weighted by Crippen LogP contribution is 2.34. The van der Waals surface area contributed by atoms with Crippen molar-refractivity contribution < 1.29 is 0 Å². The van der Waals surface area contributed by atoms with Gasteiger partial charge in [0.1, 0.15) is 0 Å². The number of aromatic nitrogens is 2. The summed E-state index contributed by atoms with van der Waals surface area (Å²) in [6.07, 6.45) is 6.73. The molecule has 0 unspecified atom stereocenters. The topological polar surface area (TPSA) is 54.7 Å². The number of nitrogens with zero attached hydrogens (tertiary/aromatic N) is 1. The molecule has 0 aliphatic rings. The van der Waals surface area contributed by atoms with Crippen LogP contribution in [0.3, 0.4) is 0 Å². The number of hydrogen-bond donors (Lipinski definition) is 2. The number of nitrogens with two attached hydrogens (primary N) is 1. The number of halogens is 1. The molecule has 21 heavy (non-hydrogen) atoms. The van der Waals surface area contributed by atoms with Gasteiger partial charge in [0.25, 0.3) is 0 Å². The smallest absolute Gasteiger partial charge is 0.0651 e. The summed E-state index contributed by atoms with van der Waals surface area (Å²) in [5.74, 6) is 0. The predicted molar refractivity (Wildman–Crippen MR) is 88.5 cm³/mol. The standard InChI is InChI=1S/C17H18ClN3/c18-15-6-3-5-14-13(4-1-2-9-19)16(21-17(14)15)12-7-10-20-11-8-12/h3,5-8,10-11,21H,1-2,4,9,19H2. The molecule has 0 aliphatic carbocycles. The second-order valence-corrected chi connectivity index (χ2v) is 5.53. The van der Waals surface area contributed by atoms with Crippen LogP contribution >= 0.6 is 11.6 Å². The highest BCUT2D eigenvalue weighted by atomic mass is 35.5. The molecule has 2 aromatic heterocycles. The zero-order valence-corrected chi connectivity index (χ0v) is 12.5. The Balaban J connectivity index is 2.13. The first-order chi connectivity index (χ1) is 10.3. The highest BCUT2D eigenvalue weighted by molar-refractivity contribution is 6.35. The molecule has 3 rings (SSSR count). The molecule has 0 atom stereocenters. The fourth-order valence-corrected chi connectivity index (χ4v) is 2.93. The quantitative estimate of drug-likeness (QED) is 0.695. The van der Waals surface area contributed by atoms with Gasteiger partial charge in [0.15, 0.2) is 0 Å². The number of rotatable bonds is 5. The zero-order chi connectivity index (χ0) is 14.7. The van der Waals surface area contributed by atoms with Gasteiger partial charge in [-0.1, -0.05) is 23.7 Å². The van der Waals surface area contributed by atoms with Gasteiger partial charge in [-0.2, -0.15) is 0 Å². The molecule has 108 valence electrons. The van der Waals surface area contributed by atoms with Gasteiger partial charge in [-0.3, -0.25) is 4.98 Å². The summed E-state index contributed by atoms with van der Waals surface area (Å²) < 4.78 is 0. The second kappa shape index (κ2) is 6.29.